The number of benzene rings is 3. The van der Waals surface area contributed by atoms with Crippen LogP contribution in [0.25, 0.3) is 10.9 Å². The number of β-amino-alcohol motifs (C(OH)–C–C–N with tert-alkyl or cyclic N) is 1. The first-order valence-corrected chi connectivity index (χ1v) is 15.7. The fourth-order valence-corrected chi connectivity index (χ4v) is 6.20. The molecule has 1 unspecified atom stereocenters. The Morgan fingerprint density at radius 3 is 2.46 bits per heavy atom. The summed E-state index contributed by atoms with van der Waals surface area (Å²) in [7, 11) is 1.49. The van der Waals surface area contributed by atoms with E-state index in [0.717, 1.165) is 0 Å². The number of hydrogen-bond acceptors (Lipinski definition) is 6. The van der Waals surface area contributed by atoms with E-state index in [0.29, 0.717) is 45.5 Å². The molecule has 3 aromatic carbocycles. The Hall–Kier alpha value is -3.61. The van der Waals surface area contributed by atoms with Crippen molar-refractivity contribution >= 4 is 32.8 Å². The zero-order valence-corrected chi connectivity index (χ0v) is 27.0. The average Bonchev–Trinajstić information content (AvgIpc) is 3.37. The fourth-order valence-electron chi connectivity index (χ4n) is 5.85. The van der Waals surface area contributed by atoms with Gasteiger partial charge in [-0.3, -0.25) is 9.69 Å². The second-order valence-electron chi connectivity index (χ2n) is 11.3. The summed E-state index contributed by atoms with van der Waals surface area (Å²) in [6, 6.07) is 16.1. The lowest BCUT2D eigenvalue weighted by atomic mass is 9.91. The summed E-state index contributed by atoms with van der Waals surface area (Å²) in [5.74, 6) is 0.0810. The first kappa shape index (κ1) is 33.7. The molecule has 1 aliphatic rings. The molecule has 1 aliphatic heterocycles. The van der Waals surface area contributed by atoms with Crippen LogP contribution < -0.4 is 9.47 Å². The van der Waals surface area contributed by atoms with E-state index in [1.54, 1.807) is 60.4 Å². The topological polar surface area (TPSA) is 73.2 Å². The zero-order valence-electron chi connectivity index (χ0n) is 25.4. The van der Waals surface area contributed by atoms with Gasteiger partial charge in [-0.1, -0.05) is 46.3 Å². The molecule has 1 aromatic heterocycles. The van der Waals surface area contributed by atoms with E-state index in [1.807, 2.05) is 0 Å². The molecule has 1 atom stereocenters. The quantitative estimate of drug-likeness (QED) is 0.134. The zero-order chi connectivity index (χ0) is 33.1. The number of rotatable bonds is 11. The van der Waals surface area contributed by atoms with Crippen molar-refractivity contribution in [1.29, 1.82) is 0 Å². The van der Waals surface area contributed by atoms with Gasteiger partial charge in [0, 0.05) is 52.3 Å². The number of aliphatic hydroxyl groups is 1. The van der Waals surface area contributed by atoms with Gasteiger partial charge >= 0.3 is 12.1 Å². The van der Waals surface area contributed by atoms with Crippen molar-refractivity contribution < 1.29 is 41.7 Å². The Labute approximate surface area is 272 Å². The first-order chi connectivity index (χ1) is 21.9. The largest absolute Gasteiger partial charge is 0.493 e. The van der Waals surface area contributed by atoms with Crippen molar-refractivity contribution in [3.63, 3.8) is 0 Å². The Morgan fingerprint density at radius 1 is 1.04 bits per heavy atom. The molecule has 0 bridgehead atoms. The molecule has 1 N–H and O–H groups in total. The smallest absolute Gasteiger partial charge is 0.422 e. The molecule has 0 radical (unpaired) electrons. The van der Waals surface area contributed by atoms with Gasteiger partial charge in [-0.2, -0.15) is 13.2 Å². The number of likely N-dealkylation sites (tertiary alicyclic amines) is 1. The number of nitrogens with zero attached hydrogens (tertiary/aromatic N) is 2. The maximum Gasteiger partial charge on any atom is 0.422 e. The van der Waals surface area contributed by atoms with Gasteiger partial charge in [0.15, 0.2) is 11.5 Å². The van der Waals surface area contributed by atoms with Gasteiger partial charge in [0.1, 0.15) is 11.9 Å². The van der Waals surface area contributed by atoms with E-state index in [9.17, 15) is 27.5 Å². The van der Waals surface area contributed by atoms with Gasteiger partial charge in [0.25, 0.3) is 0 Å². The number of esters is 1. The van der Waals surface area contributed by atoms with Crippen LogP contribution in [0.15, 0.2) is 71.3 Å². The maximum absolute atomic E-state index is 14.8. The second-order valence-corrected chi connectivity index (χ2v) is 12.3. The summed E-state index contributed by atoms with van der Waals surface area (Å²) in [6.07, 6.45) is -3.08. The monoisotopic (exact) mass is 706 g/mol. The molecule has 246 valence electrons. The molecular formula is C34H35BrF4N2O5. The van der Waals surface area contributed by atoms with E-state index < -0.39 is 24.1 Å². The van der Waals surface area contributed by atoms with Gasteiger partial charge in [0.2, 0.25) is 5.60 Å². The minimum Gasteiger partial charge on any atom is -0.493 e. The molecular weight excluding hydrogens is 672 g/mol. The van der Waals surface area contributed by atoms with Crippen LogP contribution >= 0.6 is 15.9 Å². The number of methoxy groups -OCH3 is 1. The van der Waals surface area contributed by atoms with Crippen LogP contribution in [0.5, 0.6) is 11.5 Å². The van der Waals surface area contributed by atoms with Crippen molar-refractivity contribution in [1.82, 2.24) is 9.47 Å². The molecule has 0 saturated carbocycles. The minimum atomic E-state index is -5.00. The number of halogens is 5. The molecule has 2 heterocycles. The van der Waals surface area contributed by atoms with Crippen molar-refractivity contribution in [2.45, 2.75) is 50.6 Å². The van der Waals surface area contributed by atoms with Crippen LogP contribution in [0.4, 0.5) is 17.6 Å². The number of carbonyl (C=O) groups excluding carboxylic acids is 1. The second kappa shape index (κ2) is 14.0. The molecule has 4 aromatic rings. The average molecular weight is 708 g/mol. The van der Waals surface area contributed by atoms with E-state index in [1.165, 1.54) is 30.0 Å². The third-order valence-corrected chi connectivity index (χ3v) is 8.71. The van der Waals surface area contributed by atoms with Gasteiger partial charge in [-0.15, -0.1) is 0 Å². The standard InChI is InChI=1S/C34H35BrF4N2O5/c1-3-45-32(42)17-22-8-11-30(31(16-22)44-2)46-25-12-14-40(15-13-25)21-33(43,34(37,38)39)27-20-41(19-23-6-4-5-7-28(23)36)29-18-24(35)9-10-26(27)29/h4-11,16,18,20,25,43H,3,12-15,17,19,21H2,1-2H3. The summed E-state index contributed by atoms with van der Waals surface area (Å²) in [5, 5.41) is 11.8. The van der Waals surface area contributed by atoms with Gasteiger partial charge < -0.3 is 23.9 Å². The van der Waals surface area contributed by atoms with E-state index in [-0.39, 0.29) is 55.7 Å². The molecule has 0 spiro atoms. The summed E-state index contributed by atoms with van der Waals surface area (Å²) >= 11 is 3.38. The van der Waals surface area contributed by atoms with Crippen molar-refractivity contribution in [2.24, 2.45) is 0 Å². The number of hydrogen-bond donors (Lipinski definition) is 1. The summed E-state index contributed by atoms with van der Waals surface area (Å²) in [4.78, 5) is 13.4. The molecule has 1 fully saturated rings. The number of alkyl halides is 3. The maximum atomic E-state index is 14.8. The third kappa shape index (κ3) is 7.34. The van der Waals surface area contributed by atoms with Crippen LogP contribution in [-0.2, 0) is 28.1 Å². The van der Waals surface area contributed by atoms with Crippen molar-refractivity contribution in [3.05, 3.63) is 93.8 Å². The lowest BCUT2D eigenvalue weighted by Gasteiger charge is -2.39. The summed E-state index contributed by atoms with van der Waals surface area (Å²) in [6.45, 7) is 1.84. The van der Waals surface area contributed by atoms with Gasteiger partial charge in [-0.05, 0) is 55.7 Å². The molecule has 46 heavy (non-hydrogen) atoms. The SMILES string of the molecule is CCOC(=O)Cc1ccc(OC2CCN(CC(O)(c3cn(Cc4ccccc4F)c4cc(Br)ccc34)C(F)(F)F)CC2)c(OC)c1. The number of fused-ring (bicyclic) bond motifs is 1. The normalized spacial score (nSPS) is 15.9. The lowest BCUT2D eigenvalue weighted by Crippen LogP contribution is -2.53. The minimum absolute atomic E-state index is 0.0104. The number of ether oxygens (including phenoxy) is 3. The summed E-state index contributed by atoms with van der Waals surface area (Å²) < 4.78 is 77.8. The number of aromatic nitrogens is 1. The Kier molecular flexibility index (Phi) is 10.3. The highest BCUT2D eigenvalue weighted by Crippen LogP contribution is 2.44. The predicted octanol–water partition coefficient (Wildman–Crippen LogP) is 7.00. The Morgan fingerprint density at radius 2 is 1.78 bits per heavy atom. The molecule has 0 aliphatic carbocycles. The highest BCUT2D eigenvalue weighted by Gasteiger charge is 2.57. The molecule has 7 nitrogen and oxygen atoms in total. The highest BCUT2D eigenvalue weighted by atomic mass is 79.9. The van der Waals surface area contributed by atoms with E-state index in [2.05, 4.69) is 15.9 Å². The fraction of sp³-hybridized carbons (Fsp3) is 0.382. The van der Waals surface area contributed by atoms with E-state index in [4.69, 9.17) is 14.2 Å². The lowest BCUT2D eigenvalue weighted by molar-refractivity contribution is -0.272. The molecule has 1 saturated heterocycles. The number of carbonyl (C=O) groups is 1. The summed E-state index contributed by atoms with van der Waals surface area (Å²) in [5.41, 5.74) is -2.03. The first-order valence-electron chi connectivity index (χ1n) is 14.9. The molecule has 0 amide bonds. The van der Waals surface area contributed by atoms with Crippen LogP contribution in [0.3, 0.4) is 0 Å². The van der Waals surface area contributed by atoms with E-state index >= 15 is 0 Å². The Balaban J connectivity index is 1.33. The van der Waals surface area contributed by atoms with Crippen LogP contribution in [0.2, 0.25) is 0 Å². The van der Waals surface area contributed by atoms with Gasteiger partial charge in [-0.25, -0.2) is 4.39 Å². The van der Waals surface area contributed by atoms with Crippen molar-refractivity contribution in [3.8, 4) is 11.5 Å². The molecule has 5 rings (SSSR count). The highest BCUT2D eigenvalue weighted by molar-refractivity contribution is 9.10. The number of piperidine rings is 1. The predicted molar refractivity (Wildman–Crippen MR) is 169 cm³/mol. The van der Waals surface area contributed by atoms with Crippen LogP contribution in [0, 0.1) is 5.82 Å². The Bertz CT molecular complexity index is 1690. The van der Waals surface area contributed by atoms with Crippen LogP contribution in [0.1, 0.15) is 36.5 Å². The third-order valence-electron chi connectivity index (χ3n) is 8.22. The van der Waals surface area contributed by atoms with Crippen molar-refractivity contribution in [2.75, 3.05) is 33.4 Å². The van der Waals surface area contributed by atoms with Gasteiger partial charge in [0.05, 0.1) is 26.7 Å². The molecule has 12 heteroatoms. The van der Waals surface area contributed by atoms with Crippen LogP contribution in [-0.4, -0.2) is 66.2 Å².